The van der Waals surface area contributed by atoms with Gasteiger partial charge in [0.15, 0.2) is 0 Å². The summed E-state index contributed by atoms with van der Waals surface area (Å²) in [4.78, 5) is 0. The Morgan fingerprint density at radius 3 is 2.36 bits per heavy atom. The molecule has 64 valence electrons. The molecule has 2 unspecified atom stereocenters. The van der Waals surface area contributed by atoms with Crippen LogP contribution in [0.2, 0.25) is 0 Å². The summed E-state index contributed by atoms with van der Waals surface area (Å²) in [7, 11) is 0. The Bertz CT molecular complexity index is 154. The maximum absolute atomic E-state index is 6.21. The summed E-state index contributed by atoms with van der Waals surface area (Å²) < 4.78 is 5.30. The van der Waals surface area contributed by atoms with Crippen LogP contribution < -0.4 is 5.73 Å². The SMILES string of the molecule is CC1CC1(N)C1CCOCC1. The smallest absolute Gasteiger partial charge is 0.0469 e. The average Bonchev–Trinajstić information content (AvgIpc) is 2.64. The lowest BCUT2D eigenvalue weighted by molar-refractivity contribution is 0.0534. The molecule has 2 nitrogen and oxygen atoms in total. The molecule has 2 fully saturated rings. The van der Waals surface area contributed by atoms with Crippen LogP contribution in [0, 0.1) is 11.8 Å². The summed E-state index contributed by atoms with van der Waals surface area (Å²) in [6.45, 7) is 4.11. The number of nitrogens with two attached hydrogens (primary N) is 1. The second-order valence-electron chi connectivity index (χ2n) is 4.10. The third kappa shape index (κ3) is 1.18. The Morgan fingerprint density at radius 1 is 1.36 bits per heavy atom. The van der Waals surface area contributed by atoms with Gasteiger partial charge in [-0.15, -0.1) is 0 Å². The molecule has 0 aromatic heterocycles. The molecule has 0 aromatic carbocycles. The van der Waals surface area contributed by atoms with E-state index in [-0.39, 0.29) is 5.54 Å². The highest BCUT2D eigenvalue weighted by Gasteiger charge is 2.52. The fraction of sp³-hybridized carbons (Fsp3) is 1.00. The number of ether oxygens (including phenoxy) is 1. The summed E-state index contributed by atoms with van der Waals surface area (Å²) in [5.41, 5.74) is 6.41. The van der Waals surface area contributed by atoms with Crippen LogP contribution in [0.25, 0.3) is 0 Å². The van der Waals surface area contributed by atoms with Crippen molar-refractivity contribution < 1.29 is 4.74 Å². The van der Waals surface area contributed by atoms with Crippen molar-refractivity contribution in [3.05, 3.63) is 0 Å². The topological polar surface area (TPSA) is 35.2 Å². The van der Waals surface area contributed by atoms with E-state index >= 15 is 0 Å². The standard InChI is InChI=1S/C9H17NO/c1-7-6-9(7,10)8-2-4-11-5-3-8/h7-8H,2-6,10H2,1H3. The van der Waals surface area contributed by atoms with Gasteiger partial charge in [-0.1, -0.05) is 6.92 Å². The van der Waals surface area contributed by atoms with Crippen LogP contribution in [-0.4, -0.2) is 18.8 Å². The highest BCUT2D eigenvalue weighted by molar-refractivity contribution is 5.09. The van der Waals surface area contributed by atoms with Crippen molar-refractivity contribution in [3.63, 3.8) is 0 Å². The molecule has 2 aliphatic rings. The Morgan fingerprint density at radius 2 is 1.91 bits per heavy atom. The van der Waals surface area contributed by atoms with E-state index in [4.69, 9.17) is 10.5 Å². The lowest BCUT2D eigenvalue weighted by atomic mass is 9.89. The lowest BCUT2D eigenvalue weighted by Gasteiger charge is -2.28. The molecule has 1 saturated carbocycles. The van der Waals surface area contributed by atoms with E-state index in [1.54, 1.807) is 0 Å². The van der Waals surface area contributed by atoms with Gasteiger partial charge >= 0.3 is 0 Å². The first-order valence-corrected chi connectivity index (χ1v) is 4.60. The first kappa shape index (κ1) is 7.56. The maximum Gasteiger partial charge on any atom is 0.0469 e. The van der Waals surface area contributed by atoms with Gasteiger partial charge in [-0.05, 0) is 31.1 Å². The molecule has 2 rings (SSSR count). The van der Waals surface area contributed by atoms with Crippen LogP contribution in [-0.2, 0) is 4.74 Å². The highest BCUT2D eigenvalue weighted by Crippen LogP contribution is 2.49. The lowest BCUT2D eigenvalue weighted by Crippen LogP contribution is -2.38. The molecule has 0 amide bonds. The minimum absolute atomic E-state index is 0.198. The molecule has 1 saturated heterocycles. The van der Waals surface area contributed by atoms with Crippen molar-refractivity contribution in [3.8, 4) is 0 Å². The van der Waals surface area contributed by atoms with Gasteiger partial charge in [0.25, 0.3) is 0 Å². The van der Waals surface area contributed by atoms with E-state index in [1.807, 2.05) is 0 Å². The van der Waals surface area contributed by atoms with E-state index in [2.05, 4.69) is 6.92 Å². The van der Waals surface area contributed by atoms with E-state index in [1.165, 1.54) is 19.3 Å². The Labute approximate surface area is 68.1 Å². The van der Waals surface area contributed by atoms with Crippen LogP contribution in [0.4, 0.5) is 0 Å². The summed E-state index contributed by atoms with van der Waals surface area (Å²) in [6, 6.07) is 0. The summed E-state index contributed by atoms with van der Waals surface area (Å²) in [6.07, 6.45) is 3.60. The number of hydrogen-bond donors (Lipinski definition) is 1. The van der Waals surface area contributed by atoms with Gasteiger partial charge < -0.3 is 10.5 Å². The quantitative estimate of drug-likeness (QED) is 0.616. The van der Waals surface area contributed by atoms with E-state index < -0.39 is 0 Å². The Balaban J connectivity index is 1.94. The number of rotatable bonds is 1. The van der Waals surface area contributed by atoms with Crippen molar-refractivity contribution in [1.82, 2.24) is 0 Å². The van der Waals surface area contributed by atoms with Gasteiger partial charge in [-0.2, -0.15) is 0 Å². The zero-order valence-corrected chi connectivity index (χ0v) is 7.18. The zero-order chi connectivity index (χ0) is 7.90. The minimum Gasteiger partial charge on any atom is -0.381 e. The molecule has 11 heavy (non-hydrogen) atoms. The van der Waals surface area contributed by atoms with Gasteiger partial charge in [0.1, 0.15) is 0 Å². The first-order chi connectivity index (χ1) is 5.23. The molecule has 1 aliphatic heterocycles. The molecular weight excluding hydrogens is 138 g/mol. The second-order valence-corrected chi connectivity index (χ2v) is 4.10. The molecule has 0 spiro atoms. The van der Waals surface area contributed by atoms with Gasteiger partial charge in [0.05, 0.1) is 0 Å². The van der Waals surface area contributed by atoms with Crippen LogP contribution in [0.3, 0.4) is 0 Å². The maximum atomic E-state index is 6.21. The largest absolute Gasteiger partial charge is 0.381 e. The van der Waals surface area contributed by atoms with E-state index in [0.717, 1.165) is 25.0 Å². The molecule has 0 bridgehead atoms. The molecule has 2 N–H and O–H groups in total. The zero-order valence-electron chi connectivity index (χ0n) is 7.18. The molecule has 2 heteroatoms. The molecule has 0 radical (unpaired) electrons. The molecular formula is C9H17NO. The van der Waals surface area contributed by atoms with Crippen LogP contribution in [0.5, 0.6) is 0 Å². The van der Waals surface area contributed by atoms with Gasteiger partial charge in [0.2, 0.25) is 0 Å². The molecule has 2 atom stereocenters. The van der Waals surface area contributed by atoms with Crippen molar-refractivity contribution >= 4 is 0 Å². The third-order valence-electron chi connectivity index (χ3n) is 3.40. The van der Waals surface area contributed by atoms with Crippen LogP contribution in [0.15, 0.2) is 0 Å². The minimum atomic E-state index is 0.198. The van der Waals surface area contributed by atoms with Crippen molar-refractivity contribution in [2.75, 3.05) is 13.2 Å². The summed E-state index contributed by atoms with van der Waals surface area (Å²) in [5.74, 6) is 1.50. The Kier molecular flexibility index (Phi) is 1.69. The third-order valence-corrected chi connectivity index (χ3v) is 3.40. The van der Waals surface area contributed by atoms with Crippen molar-refractivity contribution in [1.29, 1.82) is 0 Å². The van der Waals surface area contributed by atoms with Gasteiger partial charge in [-0.3, -0.25) is 0 Å². The fourth-order valence-corrected chi connectivity index (χ4v) is 2.28. The van der Waals surface area contributed by atoms with Crippen molar-refractivity contribution in [2.24, 2.45) is 17.6 Å². The predicted octanol–water partition coefficient (Wildman–Crippen LogP) is 1.15. The monoisotopic (exact) mass is 155 g/mol. The average molecular weight is 155 g/mol. The van der Waals surface area contributed by atoms with E-state index in [9.17, 15) is 0 Å². The molecule has 0 aromatic rings. The highest BCUT2D eigenvalue weighted by atomic mass is 16.5. The first-order valence-electron chi connectivity index (χ1n) is 4.60. The normalized spacial score (nSPS) is 45.8. The molecule has 1 aliphatic carbocycles. The fourth-order valence-electron chi connectivity index (χ4n) is 2.28. The Hall–Kier alpha value is -0.0800. The summed E-state index contributed by atoms with van der Waals surface area (Å²) in [5, 5.41) is 0. The molecule has 1 heterocycles. The van der Waals surface area contributed by atoms with E-state index in [0.29, 0.717) is 0 Å². The predicted molar refractivity (Wildman–Crippen MR) is 44.2 cm³/mol. The van der Waals surface area contributed by atoms with Crippen molar-refractivity contribution in [2.45, 2.75) is 31.7 Å². The van der Waals surface area contributed by atoms with Crippen LogP contribution in [0.1, 0.15) is 26.2 Å². The second kappa shape index (κ2) is 2.46. The van der Waals surface area contributed by atoms with Crippen LogP contribution >= 0.6 is 0 Å². The van der Waals surface area contributed by atoms with Gasteiger partial charge in [-0.25, -0.2) is 0 Å². The van der Waals surface area contributed by atoms with Gasteiger partial charge in [0, 0.05) is 18.8 Å². The summed E-state index contributed by atoms with van der Waals surface area (Å²) >= 11 is 0. The number of hydrogen-bond acceptors (Lipinski definition) is 2.